The van der Waals surface area contributed by atoms with Gasteiger partial charge in [-0.2, -0.15) is 0 Å². The van der Waals surface area contributed by atoms with Crippen LogP contribution in [0.3, 0.4) is 0 Å². The van der Waals surface area contributed by atoms with Gasteiger partial charge in [0.05, 0.1) is 6.04 Å². The highest BCUT2D eigenvalue weighted by molar-refractivity contribution is 6.43. The molecule has 2 amide bonds. The maximum absolute atomic E-state index is 13.1. The van der Waals surface area contributed by atoms with E-state index in [1.165, 1.54) is 17.0 Å². The summed E-state index contributed by atoms with van der Waals surface area (Å²) in [7, 11) is 0. The van der Waals surface area contributed by atoms with Crippen molar-refractivity contribution in [2.24, 2.45) is 5.73 Å². The number of carbonyl (C=O) groups is 4. The summed E-state index contributed by atoms with van der Waals surface area (Å²) in [4.78, 5) is 70.9. The van der Waals surface area contributed by atoms with E-state index < -0.39 is 23.4 Å². The molecule has 0 aliphatic heterocycles. The largest absolute Gasteiger partial charge is 0.439 e. The second-order valence-corrected chi connectivity index (χ2v) is 10.4. The van der Waals surface area contributed by atoms with E-state index in [2.05, 4.69) is 35.3 Å². The summed E-state index contributed by atoms with van der Waals surface area (Å²) in [5, 5.41) is 11.1. The molecule has 0 unspecified atom stereocenters. The Morgan fingerprint density at radius 3 is 2.60 bits per heavy atom. The van der Waals surface area contributed by atoms with E-state index in [0.29, 0.717) is 12.2 Å². The minimum atomic E-state index is -0.747. The number of hydrogen-bond acceptors (Lipinski definition) is 10. The summed E-state index contributed by atoms with van der Waals surface area (Å²) in [5.74, 6) is -1.97. The molecule has 0 fully saturated rings. The minimum absolute atomic E-state index is 0.0291. The lowest BCUT2D eigenvalue weighted by Crippen LogP contribution is -2.29. The number of rotatable bonds is 9. The number of aromatic nitrogens is 5. The van der Waals surface area contributed by atoms with Crippen molar-refractivity contribution in [3.05, 3.63) is 106 Å². The van der Waals surface area contributed by atoms with Gasteiger partial charge in [0.1, 0.15) is 23.4 Å². The number of nitrogens with zero attached hydrogens (tertiary/aromatic N) is 4. The summed E-state index contributed by atoms with van der Waals surface area (Å²) in [6, 6.07) is 10.3. The summed E-state index contributed by atoms with van der Waals surface area (Å²) in [6.07, 6.45) is 7.17. The Kier molecular flexibility index (Phi) is 7.61. The van der Waals surface area contributed by atoms with Crippen LogP contribution in [-0.4, -0.2) is 48.6 Å². The molecule has 6 rings (SSSR count). The Morgan fingerprint density at radius 1 is 1.09 bits per heavy atom. The van der Waals surface area contributed by atoms with Gasteiger partial charge in [-0.05, 0) is 53.5 Å². The van der Waals surface area contributed by atoms with Crippen molar-refractivity contribution >= 4 is 40.4 Å². The Labute approximate surface area is 254 Å². The van der Waals surface area contributed by atoms with E-state index in [0.717, 1.165) is 51.2 Å². The first kappa shape index (κ1) is 28.9. The molecule has 0 saturated heterocycles. The van der Waals surface area contributed by atoms with Crippen LogP contribution in [0.25, 0.3) is 27.9 Å². The first-order valence-corrected chi connectivity index (χ1v) is 13.9. The lowest BCUT2D eigenvalue weighted by molar-refractivity contribution is -0.126. The highest BCUT2D eigenvalue weighted by atomic mass is 16.5. The lowest BCUT2D eigenvalue weighted by Gasteiger charge is -2.15. The van der Waals surface area contributed by atoms with Gasteiger partial charge >= 0.3 is 5.76 Å². The highest BCUT2D eigenvalue weighted by Gasteiger charge is 2.28. The topological polar surface area (TPSA) is 208 Å². The summed E-state index contributed by atoms with van der Waals surface area (Å²) in [5.41, 5.74) is 10.1. The monoisotopic (exact) mass is 606 g/mol. The predicted octanol–water partition coefficient (Wildman–Crippen LogP) is 1.96. The van der Waals surface area contributed by atoms with Gasteiger partial charge in [-0.1, -0.05) is 29.4 Å². The maximum atomic E-state index is 13.1. The number of benzene rings is 2. The van der Waals surface area contributed by atoms with Crippen LogP contribution < -0.4 is 22.1 Å². The number of nitrogens with one attached hydrogen (secondary N) is 3. The van der Waals surface area contributed by atoms with Crippen molar-refractivity contribution in [1.29, 1.82) is 0 Å². The normalized spacial score (nSPS) is 14.2. The molecule has 5 N–H and O–H groups in total. The number of hydrogen-bond donors (Lipinski definition) is 4. The molecule has 0 spiro atoms. The van der Waals surface area contributed by atoms with Gasteiger partial charge < -0.3 is 20.9 Å². The average Bonchev–Trinajstić information content (AvgIpc) is 3.78. The number of ketones is 1. The van der Waals surface area contributed by atoms with Crippen LogP contribution in [0.1, 0.15) is 55.7 Å². The van der Waals surface area contributed by atoms with Crippen molar-refractivity contribution in [2.75, 3.05) is 0 Å². The molecule has 45 heavy (non-hydrogen) atoms. The number of Topliss-reactive ketones (excluding diaryl/α,β-unsaturated/α-hetero) is 1. The SMILES string of the molecule is Cc1c(-c2noc(=O)[nH]2)ccc2c1CC[C@@H]2NC(=O)c1cc(C(=O)NCc2ccc3cn(/C(=C\N)C(=O)C=O)cc3c2)ncn1. The predicted molar refractivity (Wildman–Crippen MR) is 160 cm³/mol. The smallest absolute Gasteiger partial charge is 0.403 e. The molecule has 5 aromatic rings. The quantitative estimate of drug-likeness (QED) is 0.109. The number of aldehydes is 1. The molecule has 0 radical (unpaired) electrons. The van der Waals surface area contributed by atoms with E-state index in [1.54, 1.807) is 12.4 Å². The summed E-state index contributed by atoms with van der Waals surface area (Å²) >= 11 is 0. The van der Waals surface area contributed by atoms with E-state index >= 15 is 0 Å². The van der Waals surface area contributed by atoms with E-state index in [9.17, 15) is 24.0 Å². The standard InChI is InChI=1S/C31H26N8O6/c1-16-20-6-7-23(22(20)5-4-21(16)28-37-31(44)45-38-28)36-30(43)25-9-24(34-15-35-25)29(42)33-11-17-2-3-18-12-39(13-19(18)8-17)26(10-32)27(41)14-40/h2-5,8-10,12-15,23H,6-7,11,32H2,1H3,(H,33,42)(H,36,43)(H,37,38,44)/b26-10-/t23-/m0/s1. The third-order valence-electron chi connectivity index (χ3n) is 7.78. The van der Waals surface area contributed by atoms with Crippen LogP contribution in [0.2, 0.25) is 0 Å². The molecule has 14 heteroatoms. The lowest BCUT2D eigenvalue weighted by atomic mass is 9.97. The number of fused-ring (bicyclic) bond motifs is 2. The fourth-order valence-corrected chi connectivity index (χ4v) is 5.54. The van der Waals surface area contributed by atoms with Gasteiger partial charge in [-0.3, -0.25) is 28.7 Å². The number of carbonyl (C=O) groups excluding carboxylic acids is 4. The highest BCUT2D eigenvalue weighted by Crippen LogP contribution is 2.37. The Bertz CT molecular complexity index is 2090. The zero-order valence-corrected chi connectivity index (χ0v) is 23.9. The van der Waals surface area contributed by atoms with Crippen LogP contribution in [0, 0.1) is 6.92 Å². The van der Waals surface area contributed by atoms with Crippen LogP contribution in [0.5, 0.6) is 0 Å². The third kappa shape index (κ3) is 5.63. The number of aromatic amines is 1. The Balaban J connectivity index is 1.11. The Hall–Kier alpha value is -6.18. The van der Waals surface area contributed by atoms with Crippen LogP contribution in [-0.2, 0) is 22.6 Å². The van der Waals surface area contributed by atoms with Gasteiger partial charge in [0, 0.05) is 42.2 Å². The minimum Gasteiger partial charge on any atom is -0.403 e. The van der Waals surface area contributed by atoms with Crippen LogP contribution >= 0.6 is 0 Å². The molecular weight excluding hydrogens is 580 g/mol. The summed E-state index contributed by atoms with van der Waals surface area (Å²) in [6.45, 7) is 2.10. The van der Waals surface area contributed by atoms with Gasteiger partial charge in [-0.15, -0.1) is 0 Å². The second kappa shape index (κ2) is 11.8. The van der Waals surface area contributed by atoms with Gasteiger partial charge in [0.2, 0.25) is 5.78 Å². The fraction of sp³-hybridized carbons (Fsp3) is 0.161. The van der Waals surface area contributed by atoms with Gasteiger partial charge in [-0.25, -0.2) is 14.8 Å². The van der Waals surface area contributed by atoms with Gasteiger partial charge in [0.25, 0.3) is 11.8 Å². The van der Waals surface area contributed by atoms with E-state index in [-0.39, 0.29) is 36.0 Å². The van der Waals surface area contributed by atoms with Crippen molar-refractivity contribution in [3.8, 4) is 11.4 Å². The van der Waals surface area contributed by atoms with Crippen LogP contribution in [0.4, 0.5) is 0 Å². The van der Waals surface area contributed by atoms with E-state index in [1.807, 2.05) is 37.3 Å². The van der Waals surface area contributed by atoms with Crippen molar-refractivity contribution in [2.45, 2.75) is 32.4 Å². The molecule has 14 nitrogen and oxygen atoms in total. The second-order valence-electron chi connectivity index (χ2n) is 10.4. The molecule has 0 bridgehead atoms. The summed E-state index contributed by atoms with van der Waals surface area (Å²) < 4.78 is 6.11. The maximum Gasteiger partial charge on any atom is 0.439 e. The first-order chi connectivity index (χ1) is 21.7. The molecule has 3 heterocycles. The fourth-order valence-electron chi connectivity index (χ4n) is 5.54. The van der Waals surface area contributed by atoms with Crippen molar-refractivity contribution in [3.63, 3.8) is 0 Å². The van der Waals surface area contributed by atoms with Crippen molar-refractivity contribution in [1.82, 2.24) is 35.3 Å². The average molecular weight is 607 g/mol. The van der Waals surface area contributed by atoms with Crippen molar-refractivity contribution < 1.29 is 23.7 Å². The molecule has 3 aromatic heterocycles. The zero-order chi connectivity index (χ0) is 31.7. The number of H-pyrrole nitrogens is 1. The third-order valence-corrected chi connectivity index (χ3v) is 7.78. The van der Waals surface area contributed by atoms with Crippen LogP contribution in [0.15, 0.2) is 70.6 Å². The number of amides is 2. The molecule has 1 atom stereocenters. The first-order valence-electron chi connectivity index (χ1n) is 13.9. The number of allylic oxidation sites excluding steroid dienone is 1. The molecule has 2 aromatic carbocycles. The Morgan fingerprint density at radius 2 is 1.87 bits per heavy atom. The number of nitrogens with two attached hydrogens (primary N) is 1. The molecule has 1 aliphatic carbocycles. The molecule has 226 valence electrons. The molecule has 0 saturated carbocycles. The van der Waals surface area contributed by atoms with E-state index in [4.69, 9.17) is 5.73 Å². The molecular formula is C31H26N8O6. The van der Waals surface area contributed by atoms with Gasteiger partial charge in [0.15, 0.2) is 12.1 Å². The zero-order valence-electron chi connectivity index (χ0n) is 23.9. The molecule has 1 aliphatic rings.